The lowest BCUT2D eigenvalue weighted by molar-refractivity contribution is -0.138. The van der Waals surface area contributed by atoms with Crippen molar-refractivity contribution in [3.8, 4) is 17.2 Å². The van der Waals surface area contributed by atoms with E-state index in [2.05, 4.69) is 4.90 Å². The molecule has 2 amide bonds. The summed E-state index contributed by atoms with van der Waals surface area (Å²) in [7, 11) is 3.11. The zero-order valence-corrected chi connectivity index (χ0v) is 25.9. The van der Waals surface area contributed by atoms with Gasteiger partial charge in [-0.05, 0) is 56.0 Å². The van der Waals surface area contributed by atoms with E-state index >= 15 is 0 Å². The number of β-amino-alcohol motifs (C(OH)–C–C–N with tert-alkyl or cyclic N) is 1. The quantitative estimate of drug-likeness (QED) is 0.351. The Morgan fingerprint density at radius 3 is 2.53 bits per heavy atom. The molecular weight excluding hydrogens is 550 g/mol. The molecule has 236 valence electrons. The lowest BCUT2D eigenvalue weighted by atomic mass is 10.0. The first-order chi connectivity index (χ1) is 20.8. The van der Waals surface area contributed by atoms with E-state index < -0.39 is 5.60 Å². The van der Waals surface area contributed by atoms with Gasteiger partial charge in [0.1, 0.15) is 24.6 Å². The van der Waals surface area contributed by atoms with Crippen LogP contribution in [0.25, 0.3) is 0 Å². The van der Waals surface area contributed by atoms with Gasteiger partial charge in [-0.1, -0.05) is 30.2 Å². The lowest BCUT2D eigenvalue weighted by Crippen LogP contribution is -2.52. The average molecular weight is 598 g/mol. The van der Waals surface area contributed by atoms with Crippen LogP contribution in [0.5, 0.6) is 17.2 Å². The molecule has 2 aromatic rings. The summed E-state index contributed by atoms with van der Waals surface area (Å²) in [5.41, 5.74) is 0.830. The van der Waals surface area contributed by atoms with Crippen LogP contribution in [0.4, 0.5) is 0 Å². The van der Waals surface area contributed by atoms with Gasteiger partial charge < -0.3 is 33.9 Å². The van der Waals surface area contributed by atoms with Crippen molar-refractivity contribution < 1.29 is 33.6 Å². The van der Waals surface area contributed by atoms with E-state index in [4.69, 9.17) is 18.9 Å². The number of nitrogens with zero attached hydrogens (tertiary/aromatic N) is 3. The molecule has 0 saturated carbocycles. The molecule has 10 heteroatoms. The molecule has 2 fully saturated rings. The molecule has 2 aromatic carbocycles. The number of likely N-dealkylation sites (tertiary alicyclic amines) is 1. The summed E-state index contributed by atoms with van der Waals surface area (Å²) >= 11 is 0. The number of amides is 2. The van der Waals surface area contributed by atoms with Crippen molar-refractivity contribution in [1.29, 1.82) is 0 Å². The van der Waals surface area contributed by atoms with Crippen LogP contribution in [0.1, 0.15) is 43.2 Å². The topological polar surface area (TPSA) is 101 Å². The van der Waals surface area contributed by atoms with Gasteiger partial charge in [-0.2, -0.15) is 0 Å². The summed E-state index contributed by atoms with van der Waals surface area (Å²) in [6, 6.07) is 13.5. The van der Waals surface area contributed by atoms with Crippen molar-refractivity contribution in [3.63, 3.8) is 0 Å². The van der Waals surface area contributed by atoms with E-state index in [0.717, 1.165) is 43.4 Å². The maximum Gasteiger partial charge on any atom is 0.248 e. The third kappa shape index (κ3) is 9.84. The van der Waals surface area contributed by atoms with Crippen LogP contribution in [-0.2, 0) is 20.9 Å². The summed E-state index contributed by atoms with van der Waals surface area (Å²) in [5, 5.41) is 11.8. The molecule has 0 unspecified atom stereocenters. The second kappa shape index (κ2) is 15.9. The maximum atomic E-state index is 12.8. The minimum atomic E-state index is -1.29. The van der Waals surface area contributed by atoms with Crippen LogP contribution in [0.2, 0.25) is 0 Å². The van der Waals surface area contributed by atoms with Crippen molar-refractivity contribution in [2.45, 2.75) is 51.2 Å². The van der Waals surface area contributed by atoms with Gasteiger partial charge in [0, 0.05) is 52.8 Å². The molecule has 4 rings (SSSR count). The van der Waals surface area contributed by atoms with Crippen LogP contribution in [0, 0.1) is 6.92 Å². The summed E-state index contributed by atoms with van der Waals surface area (Å²) < 4.78 is 22.8. The van der Waals surface area contributed by atoms with Crippen LogP contribution >= 0.6 is 0 Å². The Morgan fingerprint density at radius 2 is 1.77 bits per heavy atom. The number of rotatable bonds is 13. The van der Waals surface area contributed by atoms with Crippen LogP contribution < -0.4 is 14.2 Å². The van der Waals surface area contributed by atoms with E-state index in [-0.39, 0.29) is 31.6 Å². The Bertz CT molecular complexity index is 1190. The first kappa shape index (κ1) is 32.6. The summed E-state index contributed by atoms with van der Waals surface area (Å²) in [6.45, 7) is 6.05. The fourth-order valence-electron chi connectivity index (χ4n) is 5.65. The molecule has 0 spiro atoms. The van der Waals surface area contributed by atoms with Gasteiger partial charge in [-0.3, -0.25) is 14.5 Å². The fourth-order valence-corrected chi connectivity index (χ4v) is 5.65. The SMILES string of the molecule is COCC(=O)N1CCN(Cc2ccc(OC)c(OCCCN3CCCCCC3=O)c2)C[C@](O)(COc2ccc(C)cc2)C1. The minimum absolute atomic E-state index is 0.0415. The molecule has 0 bridgehead atoms. The predicted octanol–water partition coefficient (Wildman–Crippen LogP) is 3.28. The van der Waals surface area contributed by atoms with Crippen molar-refractivity contribution in [2.75, 3.05) is 73.3 Å². The van der Waals surface area contributed by atoms with Gasteiger partial charge in [-0.15, -0.1) is 0 Å². The monoisotopic (exact) mass is 597 g/mol. The van der Waals surface area contributed by atoms with Crippen LogP contribution in [0.3, 0.4) is 0 Å². The highest BCUT2D eigenvalue weighted by Gasteiger charge is 2.37. The Morgan fingerprint density at radius 1 is 0.953 bits per heavy atom. The molecule has 10 nitrogen and oxygen atoms in total. The first-order valence-electron chi connectivity index (χ1n) is 15.3. The number of ether oxygens (including phenoxy) is 4. The largest absolute Gasteiger partial charge is 0.493 e. The number of benzene rings is 2. The van der Waals surface area contributed by atoms with Crippen molar-refractivity contribution in [1.82, 2.24) is 14.7 Å². The number of carbonyl (C=O) groups excluding carboxylic acids is 2. The molecule has 2 saturated heterocycles. The zero-order valence-electron chi connectivity index (χ0n) is 25.9. The van der Waals surface area contributed by atoms with E-state index in [0.29, 0.717) is 63.0 Å². The Labute approximate surface area is 255 Å². The first-order valence-corrected chi connectivity index (χ1v) is 15.3. The Balaban J connectivity index is 1.40. The number of hydrogen-bond donors (Lipinski definition) is 1. The molecule has 2 heterocycles. The zero-order chi connectivity index (χ0) is 30.7. The molecule has 1 atom stereocenters. The maximum absolute atomic E-state index is 12.8. The van der Waals surface area contributed by atoms with Gasteiger partial charge >= 0.3 is 0 Å². The van der Waals surface area contributed by atoms with E-state index in [1.807, 2.05) is 54.3 Å². The molecule has 2 aliphatic heterocycles. The summed E-state index contributed by atoms with van der Waals surface area (Å²) in [6.07, 6.45) is 4.53. The number of methoxy groups -OCH3 is 2. The van der Waals surface area contributed by atoms with Gasteiger partial charge in [-0.25, -0.2) is 0 Å². The highest BCUT2D eigenvalue weighted by Crippen LogP contribution is 2.29. The second-order valence-corrected chi connectivity index (χ2v) is 11.7. The van der Waals surface area contributed by atoms with Gasteiger partial charge in [0.15, 0.2) is 11.5 Å². The molecule has 0 aromatic heterocycles. The molecule has 43 heavy (non-hydrogen) atoms. The Kier molecular flexibility index (Phi) is 12.1. The molecule has 1 N–H and O–H groups in total. The lowest BCUT2D eigenvalue weighted by Gasteiger charge is -2.33. The predicted molar refractivity (Wildman–Crippen MR) is 164 cm³/mol. The molecular formula is C33H47N3O7. The standard InChI is InChI=1S/C33H47N3O7/c1-26-9-12-28(13-10-26)43-25-33(39)23-34(17-18-36(24-33)32(38)22-40-2)21-27-11-14-29(41-3)30(20-27)42-19-7-16-35-15-6-4-5-8-31(35)37/h9-14,20,39H,4-8,15-19,21-25H2,1-3H3/t33-/m1/s1. The van der Waals surface area contributed by atoms with Crippen molar-refractivity contribution >= 4 is 11.8 Å². The minimum Gasteiger partial charge on any atom is -0.493 e. The van der Waals surface area contributed by atoms with E-state index in [1.165, 1.54) is 7.11 Å². The second-order valence-electron chi connectivity index (χ2n) is 11.7. The van der Waals surface area contributed by atoms with Crippen LogP contribution in [0.15, 0.2) is 42.5 Å². The summed E-state index contributed by atoms with van der Waals surface area (Å²) in [5.74, 6) is 2.03. The fraction of sp³-hybridized carbons (Fsp3) is 0.576. The van der Waals surface area contributed by atoms with Crippen LogP contribution in [-0.4, -0.2) is 111 Å². The smallest absolute Gasteiger partial charge is 0.248 e. The highest BCUT2D eigenvalue weighted by atomic mass is 16.5. The van der Waals surface area contributed by atoms with E-state index in [9.17, 15) is 14.7 Å². The molecule has 0 radical (unpaired) electrons. The van der Waals surface area contributed by atoms with Crippen molar-refractivity contribution in [3.05, 3.63) is 53.6 Å². The number of hydrogen-bond acceptors (Lipinski definition) is 8. The van der Waals surface area contributed by atoms with Gasteiger partial charge in [0.2, 0.25) is 11.8 Å². The third-order valence-corrected chi connectivity index (χ3v) is 7.97. The summed E-state index contributed by atoms with van der Waals surface area (Å²) in [4.78, 5) is 30.8. The van der Waals surface area contributed by atoms with Crippen molar-refractivity contribution in [2.24, 2.45) is 0 Å². The normalized spacial score (nSPS) is 20.0. The van der Waals surface area contributed by atoms with Gasteiger partial charge in [0.25, 0.3) is 0 Å². The average Bonchev–Trinajstić information content (AvgIpc) is 3.30. The third-order valence-electron chi connectivity index (χ3n) is 7.97. The van der Waals surface area contributed by atoms with E-state index in [1.54, 1.807) is 12.0 Å². The number of aryl methyl sites for hydroxylation is 1. The number of carbonyl (C=O) groups is 2. The van der Waals surface area contributed by atoms with Gasteiger partial charge in [0.05, 0.1) is 20.3 Å². The highest BCUT2D eigenvalue weighted by molar-refractivity contribution is 5.77. The Hall–Kier alpha value is -3.34. The molecule has 0 aliphatic carbocycles. The number of aliphatic hydroxyl groups is 1. The molecule has 2 aliphatic rings.